The lowest BCUT2D eigenvalue weighted by atomic mass is 10.0. The standard InChI is InChI=1S/C22H23N5O5/c1-3-7-17(27(31)32)18-16(12-24-20(18)23)19(28)22(30)26-11-10-25(13-14(26)2)21(29)15-8-5-4-6-9-15/h3-9,12,14,24H,1,10-11,13,23H2,2H3/b17-7+/t14-/m1/s1. The average molecular weight is 437 g/mol. The van der Waals surface area contributed by atoms with E-state index < -0.39 is 28.4 Å². The number of nitrogens with two attached hydrogens (primary N) is 1. The number of nitrogens with one attached hydrogen (secondary N) is 1. The van der Waals surface area contributed by atoms with Gasteiger partial charge in [0.05, 0.1) is 10.5 Å². The summed E-state index contributed by atoms with van der Waals surface area (Å²) < 4.78 is 0. The third-order valence-corrected chi connectivity index (χ3v) is 5.27. The Morgan fingerprint density at radius 2 is 1.94 bits per heavy atom. The molecule has 1 aliphatic rings. The number of hydrogen-bond acceptors (Lipinski definition) is 6. The Kier molecular flexibility index (Phi) is 6.53. The van der Waals surface area contributed by atoms with Crippen LogP contribution in [0.2, 0.25) is 0 Å². The number of ketones is 1. The average Bonchev–Trinajstić information content (AvgIpc) is 3.17. The third-order valence-electron chi connectivity index (χ3n) is 5.27. The summed E-state index contributed by atoms with van der Waals surface area (Å²) in [6, 6.07) is 8.37. The number of rotatable bonds is 6. The SMILES string of the molecule is C=C/C=C(\c1c(C(=O)C(=O)N2CCN(C(=O)c3ccccc3)C[C@H]2C)c[nH]c1N)[N+](=O)[O-]. The number of H-pyrrole nitrogens is 1. The van der Waals surface area contributed by atoms with Crippen molar-refractivity contribution in [3.63, 3.8) is 0 Å². The Hall–Kier alpha value is -4.21. The van der Waals surface area contributed by atoms with Gasteiger partial charge in [0.1, 0.15) is 11.4 Å². The molecule has 10 nitrogen and oxygen atoms in total. The van der Waals surface area contributed by atoms with Gasteiger partial charge in [-0.1, -0.05) is 30.9 Å². The van der Waals surface area contributed by atoms with Gasteiger partial charge < -0.3 is 20.5 Å². The van der Waals surface area contributed by atoms with Crippen LogP contribution in [0.15, 0.2) is 55.3 Å². The summed E-state index contributed by atoms with van der Waals surface area (Å²) in [4.78, 5) is 54.9. The second-order valence-corrected chi connectivity index (χ2v) is 7.33. The molecule has 0 aliphatic carbocycles. The van der Waals surface area contributed by atoms with Gasteiger partial charge in [0, 0.05) is 43.5 Å². The molecule has 0 radical (unpaired) electrons. The molecule has 1 aliphatic heterocycles. The number of hydrogen-bond donors (Lipinski definition) is 2. The van der Waals surface area contributed by atoms with Crippen molar-refractivity contribution in [3.05, 3.63) is 82.1 Å². The van der Waals surface area contributed by atoms with Crippen molar-refractivity contribution in [2.45, 2.75) is 13.0 Å². The fraction of sp³-hybridized carbons (Fsp3) is 0.227. The fourth-order valence-electron chi connectivity index (χ4n) is 3.69. The van der Waals surface area contributed by atoms with Gasteiger partial charge in [-0.2, -0.15) is 0 Å². The van der Waals surface area contributed by atoms with Crippen LogP contribution in [0.5, 0.6) is 0 Å². The number of Topliss-reactive ketones (excluding diaryl/α,β-unsaturated/α-hetero) is 1. The molecule has 0 saturated carbocycles. The predicted octanol–water partition coefficient (Wildman–Crippen LogP) is 1.96. The number of amides is 2. The van der Waals surface area contributed by atoms with E-state index in [9.17, 15) is 24.5 Å². The molecular formula is C22H23N5O5. The van der Waals surface area contributed by atoms with Gasteiger partial charge in [-0.15, -0.1) is 0 Å². The topological polar surface area (TPSA) is 143 Å². The number of carbonyl (C=O) groups is 3. The van der Waals surface area contributed by atoms with Gasteiger partial charge in [-0.25, -0.2) is 0 Å². The Morgan fingerprint density at radius 1 is 1.25 bits per heavy atom. The normalized spacial score (nSPS) is 16.5. The number of nitrogens with zero attached hydrogens (tertiary/aromatic N) is 3. The van der Waals surface area contributed by atoms with Crippen molar-refractivity contribution >= 4 is 29.1 Å². The number of benzene rings is 1. The van der Waals surface area contributed by atoms with Crippen LogP contribution in [-0.4, -0.2) is 63.0 Å². The van der Waals surface area contributed by atoms with Crippen LogP contribution in [0.3, 0.4) is 0 Å². The molecular weight excluding hydrogens is 414 g/mol. The summed E-state index contributed by atoms with van der Waals surface area (Å²) in [6.45, 7) is 5.84. The molecule has 2 aromatic rings. The van der Waals surface area contributed by atoms with Crippen molar-refractivity contribution < 1.29 is 19.3 Å². The molecule has 1 atom stereocenters. The molecule has 3 rings (SSSR count). The van der Waals surface area contributed by atoms with Crippen LogP contribution in [0.1, 0.15) is 33.2 Å². The first-order chi connectivity index (χ1) is 15.3. The number of aromatic nitrogens is 1. The molecule has 2 heterocycles. The highest BCUT2D eigenvalue weighted by Crippen LogP contribution is 2.27. The van der Waals surface area contributed by atoms with Crippen molar-refractivity contribution in [2.75, 3.05) is 25.4 Å². The van der Waals surface area contributed by atoms with E-state index in [-0.39, 0.29) is 42.5 Å². The summed E-state index contributed by atoms with van der Waals surface area (Å²) in [5, 5.41) is 11.4. The van der Waals surface area contributed by atoms with Crippen molar-refractivity contribution in [3.8, 4) is 0 Å². The second kappa shape index (κ2) is 9.29. The van der Waals surface area contributed by atoms with Crippen LogP contribution in [0, 0.1) is 10.1 Å². The maximum Gasteiger partial charge on any atom is 0.295 e. The van der Waals surface area contributed by atoms with Crippen LogP contribution in [0.25, 0.3) is 5.70 Å². The monoisotopic (exact) mass is 437 g/mol. The van der Waals surface area contributed by atoms with Crippen LogP contribution in [0.4, 0.5) is 5.82 Å². The quantitative estimate of drug-likeness (QED) is 0.232. The van der Waals surface area contributed by atoms with Gasteiger partial charge in [0.2, 0.25) is 0 Å². The molecule has 0 unspecified atom stereocenters. The molecule has 166 valence electrons. The zero-order chi connectivity index (χ0) is 23.4. The zero-order valence-corrected chi connectivity index (χ0v) is 17.5. The van der Waals surface area contributed by atoms with Gasteiger partial charge in [-0.3, -0.25) is 24.5 Å². The summed E-state index contributed by atoms with van der Waals surface area (Å²) in [5.74, 6) is -1.98. The molecule has 2 amide bonds. The number of nitrogen functional groups attached to an aromatic ring is 1. The van der Waals surface area contributed by atoms with Gasteiger partial charge in [0.25, 0.3) is 23.3 Å². The molecule has 0 spiro atoms. The Morgan fingerprint density at radius 3 is 2.53 bits per heavy atom. The summed E-state index contributed by atoms with van der Waals surface area (Å²) in [7, 11) is 0. The highest BCUT2D eigenvalue weighted by Gasteiger charge is 2.36. The number of aromatic amines is 1. The van der Waals surface area contributed by atoms with Crippen molar-refractivity contribution in [2.24, 2.45) is 0 Å². The van der Waals surface area contributed by atoms with Crippen LogP contribution < -0.4 is 5.73 Å². The van der Waals surface area contributed by atoms with E-state index in [0.717, 1.165) is 6.08 Å². The first-order valence-corrected chi connectivity index (χ1v) is 9.90. The highest BCUT2D eigenvalue weighted by molar-refractivity contribution is 6.43. The van der Waals surface area contributed by atoms with E-state index in [2.05, 4.69) is 11.6 Å². The Labute approximate surface area is 184 Å². The third kappa shape index (κ3) is 4.29. The fourth-order valence-corrected chi connectivity index (χ4v) is 3.69. The predicted molar refractivity (Wildman–Crippen MR) is 118 cm³/mol. The van der Waals surface area contributed by atoms with E-state index in [0.29, 0.717) is 5.56 Å². The van der Waals surface area contributed by atoms with E-state index in [1.165, 1.54) is 17.2 Å². The molecule has 32 heavy (non-hydrogen) atoms. The first kappa shape index (κ1) is 22.5. The molecule has 1 aromatic heterocycles. The van der Waals surface area contributed by atoms with E-state index in [1.54, 1.807) is 36.1 Å². The molecule has 3 N–H and O–H groups in total. The summed E-state index contributed by atoms with van der Waals surface area (Å²) >= 11 is 0. The number of allylic oxidation sites excluding steroid dienone is 2. The summed E-state index contributed by atoms with van der Waals surface area (Å²) in [5.41, 5.74) is 5.57. The molecule has 10 heteroatoms. The van der Waals surface area contributed by atoms with Crippen molar-refractivity contribution in [1.29, 1.82) is 0 Å². The summed E-state index contributed by atoms with van der Waals surface area (Å²) in [6.07, 6.45) is 3.49. The highest BCUT2D eigenvalue weighted by atomic mass is 16.6. The van der Waals surface area contributed by atoms with Crippen LogP contribution >= 0.6 is 0 Å². The van der Waals surface area contributed by atoms with Crippen molar-refractivity contribution in [1.82, 2.24) is 14.8 Å². The van der Waals surface area contributed by atoms with E-state index in [4.69, 9.17) is 5.73 Å². The number of nitro groups is 1. The largest absolute Gasteiger partial charge is 0.385 e. The number of carbonyl (C=O) groups excluding carboxylic acids is 3. The van der Waals surface area contributed by atoms with Gasteiger partial charge in [-0.05, 0) is 19.1 Å². The lowest BCUT2D eigenvalue weighted by Crippen LogP contribution is -2.56. The molecule has 1 aromatic carbocycles. The first-order valence-electron chi connectivity index (χ1n) is 9.90. The van der Waals surface area contributed by atoms with Gasteiger partial charge >= 0.3 is 0 Å². The second-order valence-electron chi connectivity index (χ2n) is 7.33. The number of piperazine rings is 1. The smallest absolute Gasteiger partial charge is 0.295 e. The lowest BCUT2D eigenvalue weighted by Gasteiger charge is -2.39. The minimum Gasteiger partial charge on any atom is -0.385 e. The Bertz CT molecular complexity index is 1110. The minimum atomic E-state index is -0.917. The maximum absolute atomic E-state index is 13.0. The minimum absolute atomic E-state index is 0.0997. The molecule has 1 saturated heterocycles. The van der Waals surface area contributed by atoms with Gasteiger partial charge in [0.15, 0.2) is 0 Å². The number of anilines is 1. The van der Waals surface area contributed by atoms with E-state index in [1.807, 2.05) is 6.07 Å². The van der Waals surface area contributed by atoms with Crippen LogP contribution in [-0.2, 0) is 4.79 Å². The maximum atomic E-state index is 13.0. The lowest BCUT2D eigenvalue weighted by molar-refractivity contribution is -0.375. The molecule has 0 bridgehead atoms. The van der Waals surface area contributed by atoms with E-state index >= 15 is 0 Å². The zero-order valence-electron chi connectivity index (χ0n) is 17.5. The molecule has 1 fully saturated rings. The Balaban J connectivity index is 1.79.